The van der Waals surface area contributed by atoms with Crippen LogP contribution in [0.2, 0.25) is 5.02 Å². The molecule has 3 N–H and O–H groups in total. The van der Waals surface area contributed by atoms with Crippen molar-refractivity contribution in [3.05, 3.63) is 70.8 Å². The number of hydrazone groups is 1. The standard InChI is InChI=1S/C26H26ClF3N8O3S.C5H6F3NO.C5H12/c1-32-14-34-36(12-23(29)30)21-9-16(5-7-19(21)27)22(13-41-2)38-25(39)24(35-26(38)31)18-6-4-15(8-20(18)28)17-10-33-37(11-17)42(3)40;6-5(7,8)4(1-2-4)9-3-10;1-5(2,3)4/h4-11,14,22-24H,1,12-13H2,2-3H3,(H2,31,35);3H,1-2H2,(H,9,10);1-4H3/b34-14-;;. The average molecular weight is 848 g/mol. The number of aromatic nitrogens is 2. The van der Waals surface area contributed by atoms with E-state index < -0.39 is 59.5 Å². The van der Waals surface area contributed by atoms with Gasteiger partial charge in [-0.05, 0) is 54.3 Å². The summed E-state index contributed by atoms with van der Waals surface area (Å²) in [6.07, 6.45) is -1.51. The number of aliphatic imine (C=N–C) groups is 2. The van der Waals surface area contributed by atoms with Gasteiger partial charge in [-0.1, -0.05) is 57.5 Å². The van der Waals surface area contributed by atoms with Gasteiger partial charge < -0.3 is 15.8 Å². The number of hydrogen-bond acceptors (Lipinski definition) is 9. The zero-order chi connectivity index (χ0) is 42.9. The number of nitrogens with one attached hydrogen (secondary N) is 1. The van der Waals surface area contributed by atoms with E-state index in [1.54, 1.807) is 17.4 Å². The maximum atomic E-state index is 15.3. The van der Waals surface area contributed by atoms with Gasteiger partial charge in [0.05, 0.1) is 29.6 Å². The van der Waals surface area contributed by atoms with Gasteiger partial charge >= 0.3 is 6.18 Å². The van der Waals surface area contributed by atoms with Crippen LogP contribution >= 0.6 is 11.6 Å². The molecule has 2 aromatic carbocycles. The lowest BCUT2D eigenvalue weighted by atomic mass is 10.0. The van der Waals surface area contributed by atoms with Crippen LogP contribution in [-0.2, 0) is 25.3 Å². The second-order valence-electron chi connectivity index (χ2n) is 14.3. The number of anilines is 1. The van der Waals surface area contributed by atoms with Gasteiger partial charge in [-0.15, -0.1) is 0 Å². The topological polar surface area (TPSA) is 160 Å². The predicted molar refractivity (Wildman–Crippen MR) is 208 cm³/mol. The number of amides is 2. The van der Waals surface area contributed by atoms with E-state index in [0.717, 1.165) is 11.3 Å². The first-order chi connectivity index (χ1) is 26.6. The van der Waals surface area contributed by atoms with Gasteiger partial charge in [-0.3, -0.25) is 24.5 Å². The Bertz CT molecular complexity index is 1960. The normalized spacial score (nSPS) is 17.2. The zero-order valence-electron chi connectivity index (χ0n) is 31.9. The molecule has 0 bridgehead atoms. The number of methoxy groups -OCH3 is 1. The second kappa shape index (κ2) is 19.6. The molecule has 3 unspecified atom stereocenters. The minimum atomic E-state index is -4.28. The summed E-state index contributed by atoms with van der Waals surface area (Å²) in [6, 6.07) is 6.61. The molecule has 312 valence electrons. The van der Waals surface area contributed by atoms with Gasteiger partial charge in [0.25, 0.3) is 12.3 Å². The van der Waals surface area contributed by atoms with E-state index in [4.69, 9.17) is 22.1 Å². The van der Waals surface area contributed by atoms with E-state index in [9.17, 15) is 35.8 Å². The number of guanidine groups is 1. The van der Waals surface area contributed by atoms with Gasteiger partial charge in [-0.2, -0.15) is 27.5 Å². The first kappa shape index (κ1) is 46.6. The summed E-state index contributed by atoms with van der Waals surface area (Å²) in [4.78, 5) is 32.2. The number of carbonyl (C=O) groups excluding carboxylic acids is 2. The molecule has 21 heteroatoms. The molecule has 2 heterocycles. The molecule has 0 spiro atoms. The summed E-state index contributed by atoms with van der Waals surface area (Å²) in [7, 11) is 0.0337. The molecule has 13 nitrogen and oxygen atoms in total. The van der Waals surface area contributed by atoms with Crippen molar-refractivity contribution in [3.8, 4) is 11.1 Å². The van der Waals surface area contributed by atoms with Crippen molar-refractivity contribution >= 4 is 59.6 Å². The fourth-order valence-electron chi connectivity index (χ4n) is 5.13. The maximum absolute atomic E-state index is 15.3. The van der Waals surface area contributed by atoms with Crippen molar-refractivity contribution in [2.75, 3.05) is 31.5 Å². The van der Waals surface area contributed by atoms with Gasteiger partial charge in [0.1, 0.15) is 35.2 Å². The molecule has 57 heavy (non-hydrogen) atoms. The summed E-state index contributed by atoms with van der Waals surface area (Å²) >= 11 is 6.32. The monoisotopic (exact) mass is 847 g/mol. The SMILES string of the molecule is C=N/C=N\N(CC(F)F)c1cc(C(COC)N2C(=O)C(c3ccc(-c4cnn(S(C)=O)c4)cc3F)N=C2N)ccc1Cl.CC(C)(C)C.O=CNC1(C(F)(F)F)CC1. The lowest BCUT2D eigenvalue weighted by molar-refractivity contribution is -0.167. The number of carbonyl (C=O) groups is 2. The van der Waals surface area contributed by atoms with Crippen molar-refractivity contribution in [3.63, 3.8) is 0 Å². The molecule has 1 aromatic heterocycles. The van der Waals surface area contributed by atoms with Gasteiger partial charge in [0.15, 0.2) is 12.0 Å². The minimum absolute atomic E-state index is 0.00917. The molecule has 1 fully saturated rings. The fraction of sp³-hybridized carbons (Fsp3) is 0.444. The van der Waals surface area contributed by atoms with Crippen LogP contribution in [0.5, 0.6) is 0 Å². The van der Waals surface area contributed by atoms with Crippen molar-refractivity contribution in [1.29, 1.82) is 0 Å². The first-order valence-corrected chi connectivity index (χ1v) is 18.9. The highest BCUT2D eigenvalue weighted by atomic mass is 35.5. The van der Waals surface area contributed by atoms with Crippen molar-refractivity contribution < 1.29 is 44.9 Å². The van der Waals surface area contributed by atoms with Crippen LogP contribution < -0.4 is 16.1 Å². The molecule has 1 aliphatic heterocycles. The highest BCUT2D eigenvalue weighted by Gasteiger charge is 2.63. The molecular weight excluding hydrogens is 804 g/mol. The molecule has 1 aliphatic carbocycles. The number of nitrogens with two attached hydrogens (primary N) is 1. The quantitative estimate of drug-likeness (QED) is 0.0603. The molecule has 1 saturated carbocycles. The summed E-state index contributed by atoms with van der Waals surface area (Å²) < 4.78 is 95.7. The number of nitrogens with zero attached hydrogens (tertiary/aromatic N) is 7. The number of alkyl halides is 5. The number of halogens is 7. The van der Waals surface area contributed by atoms with Crippen LogP contribution in [-0.4, -0.2) is 94.3 Å². The van der Waals surface area contributed by atoms with Crippen LogP contribution in [0.3, 0.4) is 0 Å². The Morgan fingerprint density at radius 1 is 1.18 bits per heavy atom. The third kappa shape index (κ3) is 12.6. The molecule has 0 radical (unpaired) electrons. The summed E-state index contributed by atoms with van der Waals surface area (Å²) in [5.74, 6) is -1.51. The maximum Gasteiger partial charge on any atom is 0.411 e. The van der Waals surface area contributed by atoms with Crippen molar-refractivity contribution in [1.82, 2.24) is 19.4 Å². The molecule has 0 saturated heterocycles. The van der Waals surface area contributed by atoms with Crippen molar-refractivity contribution in [2.45, 2.75) is 70.8 Å². The highest BCUT2D eigenvalue weighted by Crippen LogP contribution is 2.48. The Kier molecular flexibility index (Phi) is 16.0. The van der Waals surface area contributed by atoms with E-state index in [0.29, 0.717) is 22.1 Å². The van der Waals surface area contributed by atoms with Crippen LogP contribution in [0.15, 0.2) is 63.9 Å². The van der Waals surface area contributed by atoms with E-state index in [1.165, 1.54) is 59.0 Å². The van der Waals surface area contributed by atoms with Crippen molar-refractivity contribution in [2.24, 2.45) is 26.2 Å². The Balaban J connectivity index is 0.000000485. The molecule has 3 atom stereocenters. The van der Waals surface area contributed by atoms with E-state index in [1.807, 2.05) is 0 Å². The fourth-order valence-corrected chi connectivity index (χ4v) is 5.79. The number of benzene rings is 2. The van der Waals surface area contributed by atoms with Gasteiger partial charge in [0, 0.05) is 30.7 Å². The van der Waals surface area contributed by atoms with Crippen LogP contribution in [0.1, 0.15) is 63.7 Å². The Morgan fingerprint density at radius 3 is 2.30 bits per heavy atom. The van der Waals surface area contributed by atoms with Gasteiger partial charge in [-0.25, -0.2) is 22.4 Å². The average Bonchev–Trinajstić information content (AvgIpc) is 3.63. The van der Waals surface area contributed by atoms with Gasteiger partial charge in [0.2, 0.25) is 6.41 Å². The second-order valence-corrected chi connectivity index (χ2v) is 15.9. The Labute approximate surface area is 333 Å². The van der Waals surface area contributed by atoms with Crippen LogP contribution in [0.25, 0.3) is 11.1 Å². The third-order valence-corrected chi connectivity index (χ3v) is 8.96. The lowest BCUT2D eigenvalue weighted by Gasteiger charge is -2.29. The molecule has 5 rings (SSSR count). The first-order valence-electron chi connectivity index (χ1n) is 17.0. The lowest BCUT2D eigenvalue weighted by Crippen LogP contribution is -2.44. The van der Waals surface area contributed by atoms with Crippen LogP contribution in [0.4, 0.5) is 32.0 Å². The summed E-state index contributed by atoms with van der Waals surface area (Å²) in [6.45, 7) is 11.2. The summed E-state index contributed by atoms with van der Waals surface area (Å²) in [5, 5.41) is 10.7. The number of ether oxygens (including phenoxy) is 1. The molecule has 2 aliphatic rings. The van der Waals surface area contributed by atoms with E-state index >= 15 is 4.39 Å². The predicted octanol–water partition coefficient (Wildman–Crippen LogP) is 6.67. The number of hydrogen-bond donors (Lipinski definition) is 2. The van der Waals surface area contributed by atoms with Crippen LogP contribution in [0, 0.1) is 11.2 Å². The largest absolute Gasteiger partial charge is 0.411 e. The van der Waals surface area contributed by atoms with E-state index in [2.05, 4.69) is 54.6 Å². The number of rotatable bonds is 14. The zero-order valence-corrected chi connectivity index (χ0v) is 33.5. The van der Waals surface area contributed by atoms with E-state index in [-0.39, 0.29) is 48.1 Å². The Hall–Kier alpha value is -4.82. The third-order valence-electron chi connectivity index (χ3n) is 7.91. The molecule has 2 amide bonds. The minimum Gasteiger partial charge on any atom is -0.382 e. The summed E-state index contributed by atoms with van der Waals surface area (Å²) in [5.41, 5.74) is 6.33. The molecule has 3 aromatic rings. The molecular formula is C36H44ClF6N9O4S. The smallest absolute Gasteiger partial charge is 0.382 e. The highest BCUT2D eigenvalue weighted by molar-refractivity contribution is 7.82. The Morgan fingerprint density at radius 2 is 1.82 bits per heavy atom.